The number of nitrogens with zero attached hydrogens (tertiary/aromatic N) is 5. The van der Waals surface area contributed by atoms with Crippen molar-refractivity contribution in [3.8, 4) is 5.69 Å². The summed E-state index contributed by atoms with van der Waals surface area (Å²) in [5.41, 5.74) is 3.20. The molecule has 1 aromatic heterocycles. The first-order valence-electron chi connectivity index (χ1n) is 12.5. The van der Waals surface area contributed by atoms with Crippen LogP contribution in [0.4, 0.5) is 10.2 Å². The van der Waals surface area contributed by atoms with Crippen molar-refractivity contribution in [2.75, 3.05) is 37.6 Å². The summed E-state index contributed by atoms with van der Waals surface area (Å²) < 4.78 is 44.9. The van der Waals surface area contributed by atoms with Crippen molar-refractivity contribution in [1.29, 1.82) is 0 Å². The van der Waals surface area contributed by atoms with Gasteiger partial charge >= 0.3 is 0 Å². The van der Waals surface area contributed by atoms with Gasteiger partial charge in [0.1, 0.15) is 11.6 Å². The van der Waals surface area contributed by atoms with Crippen LogP contribution in [0.5, 0.6) is 0 Å². The molecule has 0 unspecified atom stereocenters. The van der Waals surface area contributed by atoms with Crippen molar-refractivity contribution in [2.24, 2.45) is 0 Å². The number of likely N-dealkylation sites (N-methyl/N-ethyl adjacent to an activating group) is 1. The third-order valence-electron chi connectivity index (χ3n) is 6.85. The van der Waals surface area contributed by atoms with Crippen molar-refractivity contribution in [1.82, 2.24) is 19.0 Å². The third kappa shape index (κ3) is 5.33. The smallest absolute Gasteiger partial charge is 0.243 e. The zero-order valence-electron chi connectivity index (χ0n) is 21.8. The molecule has 0 atom stereocenters. The Kier molecular flexibility index (Phi) is 7.82. The Bertz CT molecular complexity index is 1300. The van der Waals surface area contributed by atoms with Crippen LogP contribution < -0.4 is 4.90 Å². The molecular weight excluding hydrogens is 477 g/mol. The SMILES string of the molecule is CCN1CCN(c2c(CN(C(C)C)S(=O)(=O)c3ccc(C)cc3)c(C)nn2-c2cccc(F)c2)CC1. The highest BCUT2D eigenvalue weighted by Gasteiger charge is 2.32. The van der Waals surface area contributed by atoms with Crippen LogP contribution in [0.1, 0.15) is 37.6 Å². The van der Waals surface area contributed by atoms with Gasteiger partial charge < -0.3 is 9.80 Å². The maximum atomic E-state index is 14.2. The van der Waals surface area contributed by atoms with Crippen LogP contribution in [0, 0.1) is 19.7 Å². The molecule has 0 N–H and O–H groups in total. The first-order chi connectivity index (χ1) is 17.1. The Morgan fingerprint density at radius 3 is 2.28 bits per heavy atom. The van der Waals surface area contributed by atoms with E-state index >= 15 is 0 Å². The Morgan fingerprint density at radius 2 is 1.69 bits per heavy atom. The minimum absolute atomic E-state index is 0.179. The molecule has 0 amide bonds. The van der Waals surface area contributed by atoms with E-state index in [4.69, 9.17) is 5.10 Å². The van der Waals surface area contributed by atoms with Crippen molar-refractivity contribution in [2.45, 2.75) is 52.1 Å². The molecule has 9 heteroatoms. The summed E-state index contributed by atoms with van der Waals surface area (Å²) in [5, 5.41) is 4.79. The van der Waals surface area contributed by atoms with E-state index in [1.54, 1.807) is 22.9 Å². The molecule has 0 spiro atoms. The molecule has 1 aliphatic heterocycles. The monoisotopic (exact) mass is 513 g/mol. The lowest BCUT2D eigenvalue weighted by Gasteiger charge is -2.36. The average Bonchev–Trinajstić information content (AvgIpc) is 3.18. The van der Waals surface area contributed by atoms with E-state index in [1.165, 1.54) is 16.4 Å². The van der Waals surface area contributed by atoms with E-state index in [-0.39, 0.29) is 23.3 Å². The summed E-state index contributed by atoms with van der Waals surface area (Å²) in [4.78, 5) is 4.91. The Morgan fingerprint density at radius 1 is 1.03 bits per heavy atom. The Hall–Kier alpha value is -2.75. The number of rotatable bonds is 8. The number of sulfonamides is 1. The quantitative estimate of drug-likeness (QED) is 0.448. The molecule has 4 rings (SSSR count). The van der Waals surface area contributed by atoms with Crippen molar-refractivity contribution in [3.63, 3.8) is 0 Å². The van der Waals surface area contributed by atoms with E-state index in [9.17, 15) is 12.8 Å². The van der Waals surface area contributed by atoms with Gasteiger partial charge in [0.15, 0.2) is 0 Å². The third-order valence-corrected chi connectivity index (χ3v) is 8.88. The standard InChI is InChI=1S/C27H36FN5O2S/c1-6-30-14-16-31(17-15-30)27-26(22(5)29-33(27)24-9-7-8-23(28)18-24)19-32(20(2)3)36(34,35)25-12-10-21(4)11-13-25/h7-13,18,20H,6,14-17,19H2,1-5H3. The van der Waals surface area contributed by atoms with Crippen LogP contribution in [0.2, 0.25) is 0 Å². The first kappa shape index (κ1) is 26.3. The predicted octanol–water partition coefficient (Wildman–Crippen LogP) is 4.37. The highest BCUT2D eigenvalue weighted by Crippen LogP contribution is 2.32. The normalized spacial score (nSPS) is 15.3. The fourth-order valence-electron chi connectivity index (χ4n) is 4.67. The number of aryl methyl sites for hydroxylation is 2. The molecule has 2 heterocycles. The van der Waals surface area contributed by atoms with Gasteiger partial charge in [0, 0.05) is 44.3 Å². The zero-order valence-corrected chi connectivity index (χ0v) is 22.6. The van der Waals surface area contributed by atoms with Gasteiger partial charge in [-0.05, 0) is 64.6 Å². The molecule has 1 saturated heterocycles. The zero-order chi connectivity index (χ0) is 26.0. The topological polar surface area (TPSA) is 61.7 Å². The molecule has 3 aromatic rings. The molecular formula is C27H36FN5O2S. The predicted molar refractivity (Wildman–Crippen MR) is 142 cm³/mol. The van der Waals surface area contributed by atoms with E-state index in [0.717, 1.165) is 55.4 Å². The van der Waals surface area contributed by atoms with Gasteiger partial charge in [-0.25, -0.2) is 17.5 Å². The number of piperazine rings is 1. The number of aromatic nitrogens is 2. The summed E-state index contributed by atoms with van der Waals surface area (Å²) in [6.45, 7) is 14.3. The van der Waals surface area contributed by atoms with Gasteiger partial charge in [-0.1, -0.05) is 30.7 Å². The van der Waals surface area contributed by atoms with Crippen LogP contribution in [0.25, 0.3) is 5.69 Å². The van der Waals surface area contributed by atoms with Crippen LogP contribution >= 0.6 is 0 Å². The van der Waals surface area contributed by atoms with E-state index in [1.807, 2.05) is 45.9 Å². The minimum atomic E-state index is -3.74. The number of anilines is 1. The number of hydrogen-bond donors (Lipinski definition) is 0. The summed E-state index contributed by atoms with van der Waals surface area (Å²) in [7, 11) is -3.74. The molecule has 1 aliphatic rings. The van der Waals surface area contributed by atoms with Crippen molar-refractivity contribution >= 4 is 15.8 Å². The molecule has 36 heavy (non-hydrogen) atoms. The maximum absolute atomic E-state index is 14.2. The molecule has 0 bridgehead atoms. The summed E-state index contributed by atoms with van der Waals surface area (Å²) in [5.74, 6) is 0.494. The lowest BCUT2D eigenvalue weighted by molar-refractivity contribution is 0.269. The molecule has 2 aromatic carbocycles. The second kappa shape index (κ2) is 10.7. The second-order valence-corrected chi connectivity index (χ2v) is 11.5. The summed E-state index contributed by atoms with van der Waals surface area (Å²) >= 11 is 0. The van der Waals surface area contributed by atoms with Crippen molar-refractivity contribution < 1.29 is 12.8 Å². The highest BCUT2D eigenvalue weighted by molar-refractivity contribution is 7.89. The second-order valence-electron chi connectivity index (χ2n) is 9.66. The van der Waals surface area contributed by atoms with Gasteiger partial charge in [0.05, 0.1) is 16.3 Å². The molecule has 194 valence electrons. The summed E-state index contributed by atoms with van der Waals surface area (Å²) in [6, 6.07) is 13.1. The van der Waals surface area contributed by atoms with Crippen LogP contribution in [-0.2, 0) is 16.6 Å². The Balaban J connectivity index is 1.80. The molecule has 7 nitrogen and oxygen atoms in total. The lowest BCUT2D eigenvalue weighted by atomic mass is 10.2. The fourth-order valence-corrected chi connectivity index (χ4v) is 6.27. The molecule has 0 saturated carbocycles. The van der Waals surface area contributed by atoms with Gasteiger partial charge in [-0.3, -0.25) is 0 Å². The van der Waals surface area contributed by atoms with Gasteiger partial charge in [-0.2, -0.15) is 9.40 Å². The highest BCUT2D eigenvalue weighted by atomic mass is 32.2. The van der Waals surface area contributed by atoms with Crippen LogP contribution in [0.3, 0.4) is 0 Å². The number of hydrogen-bond acceptors (Lipinski definition) is 5. The average molecular weight is 514 g/mol. The number of halogens is 1. The summed E-state index contributed by atoms with van der Waals surface area (Å²) in [6.07, 6.45) is 0. The Labute approximate surface area is 214 Å². The molecule has 1 fully saturated rings. The minimum Gasteiger partial charge on any atom is -0.354 e. The van der Waals surface area contributed by atoms with E-state index in [2.05, 4.69) is 16.7 Å². The molecule has 0 aliphatic carbocycles. The van der Waals surface area contributed by atoms with Gasteiger partial charge in [0.25, 0.3) is 0 Å². The maximum Gasteiger partial charge on any atom is 0.243 e. The van der Waals surface area contributed by atoms with Gasteiger partial charge in [-0.15, -0.1) is 0 Å². The van der Waals surface area contributed by atoms with Crippen LogP contribution in [-0.4, -0.2) is 66.2 Å². The number of benzene rings is 2. The van der Waals surface area contributed by atoms with Gasteiger partial charge in [0.2, 0.25) is 10.0 Å². The van der Waals surface area contributed by atoms with Crippen LogP contribution in [0.15, 0.2) is 53.4 Å². The fraction of sp³-hybridized carbons (Fsp3) is 0.444. The first-order valence-corrected chi connectivity index (χ1v) is 14.0. The van der Waals surface area contributed by atoms with E-state index in [0.29, 0.717) is 5.69 Å². The van der Waals surface area contributed by atoms with Crippen molar-refractivity contribution in [3.05, 3.63) is 71.2 Å². The lowest BCUT2D eigenvalue weighted by Crippen LogP contribution is -2.47. The largest absolute Gasteiger partial charge is 0.354 e. The van der Waals surface area contributed by atoms with E-state index < -0.39 is 10.0 Å². The molecule has 0 radical (unpaired) electrons.